The van der Waals surface area contributed by atoms with Crippen LogP contribution >= 0.6 is 11.3 Å². The molecule has 0 radical (unpaired) electrons. The van der Waals surface area contributed by atoms with Crippen molar-refractivity contribution < 1.29 is 0 Å². The molecule has 0 saturated heterocycles. The quantitative estimate of drug-likeness (QED) is 0.706. The topological polar surface area (TPSA) is 72.9 Å². The van der Waals surface area contributed by atoms with Crippen LogP contribution in [-0.4, -0.2) is 16.6 Å². The van der Waals surface area contributed by atoms with Gasteiger partial charge in [-0.1, -0.05) is 30.4 Å². The van der Waals surface area contributed by atoms with Gasteiger partial charge < -0.3 is 11.1 Å². The molecule has 1 aromatic carbocycles. The molecule has 25 heavy (non-hydrogen) atoms. The van der Waals surface area contributed by atoms with Gasteiger partial charge in [0.05, 0.1) is 16.3 Å². The van der Waals surface area contributed by atoms with Gasteiger partial charge in [0.2, 0.25) is 0 Å². The van der Waals surface area contributed by atoms with Crippen LogP contribution in [0.3, 0.4) is 0 Å². The number of allylic oxidation sites excluding steroid dienone is 2. The predicted octanol–water partition coefficient (Wildman–Crippen LogP) is 3.39. The number of nitrogens with two attached hydrogens (primary N) is 1. The van der Waals surface area contributed by atoms with Crippen LogP contribution in [-0.2, 0) is 0 Å². The number of nitrogens with one attached hydrogen (secondary N) is 1. The van der Waals surface area contributed by atoms with E-state index in [9.17, 15) is 4.79 Å². The largest absolute Gasteiger partial charge is 0.390 e. The Morgan fingerprint density at radius 2 is 2.00 bits per heavy atom. The molecule has 128 valence electrons. The van der Waals surface area contributed by atoms with E-state index in [0.29, 0.717) is 21.0 Å². The second kappa shape index (κ2) is 6.57. The highest BCUT2D eigenvalue weighted by Crippen LogP contribution is 2.34. The standard InChI is InChI=1S/C19H20N4OS/c1-5-6-14(21-4)15-16-17(25-18(15)20)19(24)23(12(3)22-16)13-9-7-11(2)8-10-13/h5-10,21H,1,20H2,2-4H3/b14-6+. The first-order valence-electron chi connectivity index (χ1n) is 7.87. The van der Waals surface area contributed by atoms with Crippen LogP contribution in [0.25, 0.3) is 21.6 Å². The Labute approximate surface area is 150 Å². The number of nitrogens with zero attached hydrogens (tertiary/aromatic N) is 2. The molecule has 0 aliphatic carbocycles. The Balaban J connectivity index is 2.33. The molecular formula is C19H20N4OS. The van der Waals surface area contributed by atoms with Gasteiger partial charge >= 0.3 is 0 Å². The van der Waals surface area contributed by atoms with E-state index in [1.807, 2.05) is 44.2 Å². The monoisotopic (exact) mass is 352 g/mol. The fraction of sp³-hybridized carbons (Fsp3) is 0.158. The number of benzene rings is 1. The van der Waals surface area contributed by atoms with Gasteiger partial charge in [-0.15, -0.1) is 11.3 Å². The van der Waals surface area contributed by atoms with E-state index in [1.54, 1.807) is 17.7 Å². The number of rotatable bonds is 4. The molecule has 0 saturated carbocycles. The van der Waals surface area contributed by atoms with Crippen molar-refractivity contribution in [3.8, 4) is 5.69 Å². The number of anilines is 1. The van der Waals surface area contributed by atoms with E-state index in [4.69, 9.17) is 5.73 Å². The van der Waals surface area contributed by atoms with Gasteiger partial charge in [0.25, 0.3) is 5.56 Å². The Hall–Kier alpha value is -2.86. The first kappa shape index (κ1) is 17.0. The molecule has 6 heteroatoms. The number of aromatic nitrogens is 2. The zero-order valence-corrected chi connectivity index (χ0v) is 15.3. The molecule has 3 N–H and O–H groups in total. The third kappa shape index (κ3) is 2.85. The summed E-state index contributed by atoms with van der Waals surface area (Å²) in [4.78, 5) is 17.8. The molecule has 2 heterocycles. The van der Waals surface area contributed by atoms with E-state index in [0.717, 1.165) is 22.5 Å². The van der Waals surface area contributed by atoms with E-state index < -0.39 is 0 Å². The van der Waals surface area contributed by atoms with Gasteiger partial charge in [-0.25, -0.2) is 4.98 Å². The zero-order chi connectivity index (χ0) is 18.1. The van der Waals surface area contributed by atoms with Crippen LogP contribution in [0.5, 0.6) is 0 Å². The minimum absolute atomic E-state index is 0.108. The summed E-state index contributed by atoms with van der Waals surface area (Å²) in [5.41, 5.74) is 10.2. The van der Waals surface area contributed by atoms with Crippen molar-refractivity contribution in [2.75, 3.05) is 12.8 Å². The second-order valence-corrected chi connectivity index (χ2v) is 6.77. The van der Waals surface area contributed by atoms with Crippen molar-refractivity contribution in [2.24, 2.45) is 0 Å². The maximum Gasteiger partial charge on any atom is 0.276 e. The normalized spacial score (nSPS) is 11.7. The molecule has 3 rings (SSSR count). The fourth-order valence-corrected chi connectivity index (χ4v) is 3.77. The molecule has 2 aromatic heterocycles. The van der Waals surface area contributed by atoms with Crippen LogP contribution in [0.2, 0.25) is 0 Å². The molecule has 5 nitrogen and oxygen atoms in total. The second-order valence-electron chi connectivity index (χ2n) is 5.72. The molecule has 0 unspecified atom stereocenters. The van der Waals surface area contributed by atoms with E-state index >= 15 is 0 Å². The van der Waals surface area contributed by atoms with Crippen molar-refractivity contribution in [2.45, 2.75) is 13.8 Å². The number of fused-ring (bicyclic) bond motifs is 1. The first-order chi connectivity index (χ1) is 12.0. The van der Waals surface area contributed by atoms with Crippen LogP contribution < -0.4 is 16.6 Å². The van der Waals surface area contributed by atoms with Gasteiger partial charge in [0.1, 0.15) is 16.0 Å². The number of nitrogen functional groups attached to an aromatic ring is 1. The summed E-state index contributed by atoms with van der Waals surface area (Å²) in [5, 5.41) is 3.66. The van der Waals surface area contributed by atoms with Gasteiger partial charge in [0.15, 0.2) is 0 Å². The molecule has 0 amide bonds. The van der Waals surface area contributed by atoms with Crippen molar-refractivity contribution in [1.29, 1.82) is 0 Å². The summed E-state index contributed by atoms with van der Waals surface area (Å²) in [7, 11) is 1.80. The maximum absolute atomic E-state index is 13.1. The lowest BCUT2D eigenvalue weighted by molar-refractivity contribution is 0.896. The van der Waals surface area contributed by atoms with Gasteiger partial charge in [0, 0.05) is 12.7 Å². The average Bonchev–Trinajstić information content (AvgIpc) is 2.91. The minimum Gasteiger partial charge on any atom is -0.390 e. The lowest BCUT2D eigenvalue weighted by Gasteiger charge is -2.11. The smallest absolute Gasteiger partial charge is 0.276 e. The van der Waals surface area contributed by atoms with Crippen LogP contribution in [0.15, 0.2) is 47.8 Å². The average molecular weight is 352 g/mol. The Morgan fingerprint density at radius 1 is 1.32 bits per heavy atom. The Morgan fingerprint density at radius 3 is 2.60 bits per heavy atom. The SMILES string of the molecule is C=C/C=C(/NC)c1c(N)sc2c(=O)n(-c3ccc(C)cc3)c(C)nc12. The highest BCUT2D eigenvalue weighted by Gasteiger charge is 2.20. The highest BCUT2D eigenvalue weighted by atomic mass is 32.1. The maximum atomic E-state index is 13.1. The number of thiophene rings is 1. The molecule has 0 aliphatic heterocycles. The molecular weight excluding hydrogens is 332 g/mol. The van der Waals surface area contributed by atoms with E-state index in [-0.39, 0.29) is 5.56 Å². The molecule has 3 aromatic rings. The fourth-order valence-electron chi connectivity index (χ4n) is 2.82. The van der Waals surface area contributed by atoms with Crippen molar-refractivity contribution >= 4 is 32.3 Å². The van der Waals surface area contributed by atoms with Crippen molar-refractivity contribution in [3.05, 3.63) is 70.3 Å². The summed E-state index contributed by atoms with van der Waals surface area (Å²) in [6.45, 7) is 7.56. The summed E-state index contributed by atoms with van der Waals surface area (Å²) >= 11 is 1.26. The summed E-state index contributed by atoms with van der Waals surface area (Å²) in [6, 6.07) is 7.80. The van der Waals surface area contributed by atoms with Gasteiger partial charge in [-0.2, -0.15) is 0 Å². The molecule has 0 atom stereocenters. The number of aryl methyl sites for hydroxylation is 2. The van der Waals surface area contributed by atoms with Crippen LogP contribution in [0.1, 0.15) is 17.0 Å². The Kier molecular flexibility index (Phi) is 4.46. The van der Waals surface area contributed by atoms with Gasteiger partial charge in [-0.3, -0.25) is 9.36 Å². The summed E-state index contributed by atoms with van der Waals surface area (Å²) in [5.74, 6) is 0.620. The number of hydrogen-bond donors (Lipinski definition) is 2. The van der Waals surface area contributed by atoms with Crippen molar-refractivity contribution in [1.82, 2.24) is 14.9 Å². The van der Waals surface area contributed by atoms with Crippen molar-refractivity contribution in [3.63, 3.8) is 0 Å². The lowest BCUT2D eigenvalue weighted by Crippen LogP contribution is -2.21. The Bertz CT molecular complexity index is 1040. The van der Waals surface area contributed by atoms with Crippen LogP contribution in [0, 0.1) is 13.8 Å². The molecule has 0 spiro atoms. The molecule has 0 aliphatic rings. The third-order valence-electron chi connectivity index (χ3n) is 4.02. The van der Waals surface area contributed by atoms with Crippen LogP contribution in [0.4, 0.5) is 5.00 Å². The predicted molar refractivity (Wildman–Crippen MR) is 106 cm³/mol. The van der Waals surface area contributed by atoms with E-state index in [2.05, 4.69) is 16.9 Å². The third-order valence-corrected chi connectivity index (χ3v) is 5.02. The summed E-state index contributed by atoms with van der Waals surface area (Å²) < 4.78 is 2.17. The van der Waals surface area contributed by atoms with E-state index in [1.165, 1.54) is 11.3 Å². The highest BCUT2D eigenvalue weighted by molar-refractivity contribution is 7.22. The minimum atomic E-state index is -0.108. The molecule has 0 fully saturated rings. The zero-order valence-electron chi connectivity index (χ0n) is 14.5. The lowest BCUT2D eigenvalue weighted by atomic mass is 10.1. The number of hydrogen-bond acceptors (Lipinski definition) is 5. The molecule has 0 bridgehead atoms. The van der Waals surface area contributed by atoms with Gasteiger partial charge in [-0.05, 0) is 32.1 Å². The summed E-state index contributed by atoms with van der Waals surface area (Å²) in [6.07, 6.45) is 3.50. The first-order valence-corrected chi connectivity index (χ1v) is 8.69.